The van der Waals surface area contributed by atoms with Crippen LogP contribution < -0.4 is 10.6 Å². The third-order valence-corrected chi connectivity index (χ3v) is 5.34. The first-order valence-corrected chi connectivity index (χ1v) is 11.0. The minimum Gasteiger partial charge on any atom is -0.444 e. The van der Waals surface area contributed by atoms with Gasteiger partial charge in [0.1, 0.15) is 6.26 Å². The molecule has 0 aliphatic carbocycles. The third kappa shape index (κ3) is 7.83. The molecule has 2 aromatic carbocycles. The lowest BCUT2D eigenvalue weighted by Crippen LogP contribution is -2.36. The highest BCUT2D eigenvalue weighted by atomic mass is 127. The van der Waals surface area contributed by atoms with Crippen molar-refractivity contribution < 1.29 is 13.9 Å². The molecule has 7 nitrogen and oxygen atoms in total. The number of aromatic nitrogens is 1. The van der Waals surface area contributed by atoms with Crippen molar-refractivity contribution in [3.8, 4) is 11.5 Å². The van der Waals surface area contributed by atoms with Crippen LogP contribution in [-0.2, 0) is 29.2 Å². The van der Waals surface area contributed by atoms with Crippen molar-refractivity contribution in [2.75, 3.05) is 20.3 Å². The van der Waals surface area contributed by atoms with E-state index in [1.54, 1.807) is 13.3 Å². The molecule has 0 radical (unpaired) electrons. The number of hydrogen-bond donors (Lipinski definition) is 2. The summed E-state index contributed by atoms with van der Waals surface area (Å²) in [6.07, 6.45) is 3.92. The second kappa shape index (κ2) is 13.3. The monoisotopic (exact) mass is 562 g/mol. The second-order valence-electron chi connectivity index (χ2n) is 7.73. The topological polar surface area (TPSA) is 80.9 Å². The van der Waals surface area contributed by atoms with E-state index in [9.17, 15) is 0 Å². The van der Waals surface area contributed by atoms with Gasteiger partial charge in [-0.2, -0.15) is 0 Å². The maximum atomic E-state index is 6.04. The lowest BCUT2D eigenvalue weighted by atomic mass is 10.1. The van der Waals surface area contributed by atoms with E-state index in [2.05, 4.69) is 44.9 Å². The van der Waals surface area contributed by atoms with Gasteiger partial charge in [0.25, 0.3) is 0 Å². The van der Waals surface area contributed by atoms with Gasteiger partial charge in [0.05, 0.1) is 24.9 Å². The summed E-state index contributed by atoms with van der Waals surface area (Å²) >= 11 is 0. The van der Waals surface area contributed by atoms with E-state index in [1.165, 1.54) is 11.1 Å². The van der Waals surface area contributed by atoms with Crippen molar-refractivity contribution in [3.63, 3.8) is 0 Å². The van der Waals surface area contributed by atoms with Crippen LogP contribution >= 0.6 is 24.0 Å². The highest BCUT2D eigenvalue weighted by molar-refractivity contribution is 14.0. The van der Waals surface area contributed by atoms with Gasteiger partial charge in [0.15, 0.2) is 5.96 Å². The van der Waals surface area contributed by atoms with Crippen LogP contribution in [-0.4, -0.2) is 37.3 Å². The molecule has 2 heterocycles. The van der Waals surface area contributed by atoms with Crippen molar-refractivity contribution in [3.05, 3.63) is 77.7 Å². The fourth-order valence-electron chi connectivity index (χ4n) is 3.57. The molecule has 1 aromatic heterocycles. The number of hydrogen-bond acceptors (Lipinski definition) is 5. The standard InChI is InChI=1S/C25H30N4O3.HI/c1-26-25(28-16-22-18-32-24(29-22)21-8-3-2-4-9-21)27-15-19-6-5-7-20(14-19)17-31-23-10-12-30-13-11-23;/h2-9,14,18,23H,10-13,15-17H2,1H3,(H2,26,27,28);1H. The Morgan fingerprint density at radius 1 is 1.03 bits per heavy atom. The molecule has 1 fully saturated rings. The molecule has 0 saturated carbocycles. The van der Waals surface area contributed by atoms with Gasteiger partial charge in [-0.1, -0.05) is 42.5 Å². The zero-order valence-corrected chi connectivity index (χ0v) is 21.2. The Morgan fingerprint density at radius 3 is 2.58 bits per heavy atom. The summed E-state index contributed by atoms with van der Waals surface area (Å²) in [4.78, 5) is 8.84. The minimum absolute atomic E-state index is 0. The Hall–Kier alpha value is -2.43. The maximum absolute atomic E-state index is 6.04. The lowest BCUT2D eigenvalue weighted by molar-refractivity contribution is -0.0390. The van der Waals surface area contributed by atoms with Crippen LogP contribution in [0, 0.1) is 0 Å². The summed E-state index contributed by atoms with van der Waals surface area (Å²) in [5.41, 5.74) is 4.13. The molecule has 33 heavy (non-hydrogen) atoms. The summed E-state index contributed by atoms with van der Waals surface area (Å²) in [5.74, 6) is 1.32. The van der Waals surface area contributed by atoms with Gasteiger partial charge in [-0.25, -0.2) is 4.98 Å². The molecular weight excluding hydrogens is 531 g/mol. The van der Waals surface area contributed by atoms with Gasteiger partial charge in [-0.15, -0.1) is 24.0 Å². The Labute approximate surface area is 212 Å². The third-order valence-electron chi connectivity index (χ3n) is 5.34. The molecule has 8 heteroatoms. The number of halogens is 1. The van der Waals surface area contributed by atoms with Crippen LogP contribution in [0.4, 0.5) is 0 Å². The Balaban J connectivity index is 0.00000306. The first-order valence-electron chi connectivity index (χ1n) is 11.0. The van der Waals surface area contributed by atoms with Crippen LogP contribution in [0.1, 0.15) is 29.7 Å². The van der Waals surface area contributed by atoms with Crippen LogP contribution in [0.2, 0.25) is 0 Å². The molecule has 1 aliphatic rings. The molecule has 1 saturated heterocycles. The van der Waals surface area contributed by atoms with Crippen LogP contribution in [0.3, 0.4) is 0 Å². The van der Waals surface area contributed by atoms with Gasteiger partial charge < -0.3 is 24.5 Å². The van der Waals surface area contributed by atoms with Crippen molar-refractivity contribution in [1.82, 2.24) is 15.6 Å². The largest absolute Gasteiger partial charge is 0.444 e. The number of aliphatic imine (C=N–C) groups is 1. The van der Waals surface area contributed by atoms with Crippen molar-refractivity contribution in [2.45, 2.75) is 38.6 Å². The average molecular weight is 562 g/mol. The van der Waals surface area contributed by atoms with Gasteiger partial charge in [-0.05, 0) is 36.1 Å². The fraction of sp³-hybridized carbons (Fsp3) is 0.360. The highest BCUT2D eigenvalue weighted by Crippen LogP contribution is 2.18. The van der Waals surface area contributed by atoms with E-state index in [1.807, 2.05) is 30.3 Å². The van der Waals surface area contributed by atoms with Gasteiger partial charge >= 0.3 is 0 Å². The van der Waals surface area contributed by atoms with Gasteiger partial charge in [0, 0.05) is 32.4 Å². The Bertz CT molecular complexity index is 1000. The summed E-state index contributed by atoms with van der Waals surface area (Å²) in [6.45, 7) is 3.40. The molecule has 176 valence electrons. The van der Waals surface area contributed by atoms with E-state index >= 15 is 0 Å². The van der Waals surface area contributed by atoms with Crippen molar-refractivity contribution >= 4 is 29.9 Å². The number of rotatable bonds is 8. The molecule has 0 amide bonds. The number of guanidine groups is 1. The average Bonchev–Trinajstić information content (AvgIpc) is 3.33. The molecule has 0 spiro atoms. The second-order valence-corrected chi connectivity index (χ2v) is 7.73. The predicted molar refractivity (Wildman–Crippen MR) is 139 cm³/mol. The van der Waals surface area contributed by atoms with E-state index in [4.69, 9.17) is 13.9 Å². The highest BCUT2D eigenvalue weighted by Gasteiger charge is 2.14. The first kappa shape index (κ1) is 25.2. The normalized spacial score (nSPS) is 14.5. The molecule has 0 unspecified atom stereocenters. The predicted octanol–water partition coefficient (Wildman–Crippen LogP) is 4.52. The summed E-state index contributed by atoms with van der Waals surface area (Å²) in [6, 6.07) is 18.3. The zero-order chi connectivity index (χ0) is 22.0. The Morgan fingerprint density at radius 2 is 1.79 bits per heavy atom. The zero-order valence-electron chi connectivity index (χ0n) is 18.8. The summed E-state index contributed by atoms with van der Waals surface area (Å²) < 4.78 is 17.0. The first-order chi connectivity index (χ1) is 15.8. The quantitative estimate of drug-likeness (QED) is 0.239. The molecular formula is C25H31IN4O3. The Kier molecular flexibility index (Phi) is 10.2. The summed E-state index contributed by atoms with van der Waals surface area (Å²) in [5, 5.41) is 6.63. The molecule has 3 aromatic rings. The molecule has 1 aliphatic heterocycles. The van der Waals surface area contributed by atoms with Gasteiger partial charge in [0.2, 0.25) is 5.89 Å². The number of benzene rings is 2. The van der Waals surface area contributed by atoms with E-state index in [0.717, 1.165) is 37.3 Å². The van der Waals surface area contributed by atoms with Crippen LogP contribution in [0.5, 0.6) is 0 Å². The van der Waals surface area contributed by atoms with Gasteiger partial charge in [-0.3, -0.25) is 4.99 Å². The smallest absolute Gasteiger partial charge is 0.226 e. The van der Waals surface area contributed by atoms with E-state index in [-0.39, 0.29) is 24.0 Å². The van der Waals surface area contributed by atoms with E-state index < -0.39 is 0 Å². The molecule has 4 rings (SSSR count). The maximum Gasteiger partial charge on any atom is 0.226 e. The fourth-order valence-corrected chi connectivity index (χ4v) is 3.57. The number of nitrogens with one attached hydrogen (secondary N) is 2. The van der Waals surface area contributed by atoms with E-state index in [0.29, 0.717) is 37.7 Å². The van der Waals surface area contributed by atoms with Crippen molar-refractivity contribution in [1.29, 1.82) is 0 Å². The van der Waals surface area contributed by atoms with Crippen molar-refractivity contribution in [2.24, 2.45) is 4.99 Å². The number of ether oxygens (including phenoxy) is 2. The molecule has 0 bridgehead atoms. The lowest BCUT2D eigenvalue weighted by Gasteiger charge is -2.22. The number of nitrogens with zero attached hydrogens (tertiary/aromatic N) is 2. The minimum atomic E-state index is 0. The SMILES string of the molecule is CN=C(NCc1cccc(COC2CCOCC2)c1)NCc1coc(-c2ccccc2)n1.I. The van der Waals surface area contributed by atoms with Crippen LogP contribution in [0.15, 0.2) is 70.3 Å². The van der Waals surface area contributed by atoms with Crippen LogP contribution in [0.25, 0.3) is 11.5 Å². The summed E-state index contributed by atoms with van der Waals surface area (Å²) in [7, 11) is 1.76. The number of oxazole rings is 1. The molecule has 2 N–H and O–H groups in total. The molecule has 0 atom stereocenters.